The van der Waals surface area contributed by atoms with Gasteiger partial charge in [0, 0.05) is 35.2 Å². The molecule has 3 aromatic heterocycles. The van der Waals surface area contributed by atoms with Crippen LogP contribution < -0.4 is 0 Å². The maximum absolute atomic E-state index is 15.0. The molecule has 180 valence electrons. The van der Waals surface area contributed by atoms with E-state index in [2.05, 4.69) is 25.0 Å². The van der Waals surface area contributed by atoms with Crippen LogP contribution in [0.5, 0.6) is 0 Å². The Hall–Kier alpha value is -3.01. The fourth-order valence-corrected chi connectivity index (χ4v) is 4.66. The third-order valence-electron chi connectivity index (χ3n) is 6.82. The monoisotopic (exact) mass is 494 g/mol. The van der Waals surface area contributed by atoms with Crippen molar-refractivity contribution >= 4 is 22.8 Å². The number of aryl methyl sites for hydroxylation is 2. The molecule has 0 bridgehead atoms. The average molecular weight is 495 g/mol. The minimum Gasteiger partial charge on any atom is -0.382 e. The van der Waals surface area contributed by atoms with Crippen molar-refractivity contribution in [3.63, 3.8) is 0 Å². The van der Waals surface area contributed by atoms with Crippen molar-refractivity contribution in [1.82, 2.24) is 29.7 Å². The lowest BCUT2D eigenvalue weighted by Gasteiger charge is -2.35. The van der Waals surface area contributed by atoms with Crippen LogP contribution in [0, 0.1) is 19.7 Å². The molecule has 35 heavy (non-hydrogen) atoms. The molecule has 0 unspecified atom stereocenters. The number of aromatic nitrogens is 6. The largest absolute Gasteiger partial charge is 0.382 e. The van der Waals surface area contributed by atoms with Gasteiger partial charge in [0.1, 0.15) is 22.6 Å². The average Bonchev–Trinajstić information content (AvgIpc) is 3.56. The molecular formula is C25H24ClFN6O2. The summed E-state index contributed by atoms with van der Waals surface area (Å²) in [4.78, 5) is 18.5. The van der Waals surface area contributed by atoms with Gasteiger partial charge in [0.2, 0.25) is 0 Å². The molecule has 6 rings (SSSR count). The first-order valence-electron chi connectivity index (χ1n) is 11.7. The van der Waals surface area contributed by atoms with Gasteiger partial charge < -0.3 is 9.84 Å². The number of aliphatic hydroxyl groups is 1. The number of halogens is 2. The van der Waals surface area contributed by atoms with Gasteiger partial charge in [-0.05, 0) is 44.9 Å². The molecule has 1 aliphatic carbocycles. The van der Waals surface area contributed by atoms with Crippen molar-refractivity contribution in [2.45, 2.75) is 57.3 Å². The van der Waals surface area contributed by atoms with Crippen LogP contribution in [-0.4, -0.2) is 41.4 Å². The Bertz CT molecular complexity index is 1460. The first kappa shape index (κ1) is 22.5. The highest BCUT2D eigenvalue weighted by Gasteiger charge is 2.41. The molecule has 0 amide bonds. The molecule has 1 aliphatic heterocycles. The van der Waals surface area contributed by atoms with E-state index in [1.54, 1.807) is 18.3 Å². The zero-order valence-electron chi connectivity index (χ0n) is 19.4. The zero-order valence-corrected chi connectivity index (χ0v) is 20.1. The second kappa shape index (κ2) is 8.29. The van der Waals surface area contributed by atoms with Crippen molar-refractivity contribution in [2.24, 2.45) is 0 Å². The van der Waals surface area contributed by atoms with Gasteiger partial charge in [-0.15, -0.1) is 0 Å². The second-order valence-corrected chi connectivity index (χ2v) is 9.85. The van der Waals surface area contributed by atoms with Crippen LogP contribution in [0.25, 0.3) is 22.4 Å². The van der Waals surface area contributed by atoms with Crippen molar-refractivity contribution < 1.29 is 14.2 Å². The van der Waals surface area contributed by atoms with Crippen molar-refractivity contribution in [3.8, 4) is 11.3 Å². The third-order valence-corrected chi connectivity index (χ3v) is 7.05. The Morgan fingerprint density at radius 1 is 1.14 bits per heavy atom. The fourth-order valence-electron chi connectivity index (χ4n) is 4.50. The molecule has 1 saturated carbocycles. The number of fused-ring (bicyclic) bond motifs is 1. The fraction of sp³-hybridized carbons (Fsp3) is 0.400. The van der Waals surface area contributed by atoms with E-state index in [-0.39, 0.29) is 34.6 Å². The van der Waals surface area contributed by atoms with E-state index in [9.17, 15) is 9.50 Å². The Kier molecular flexibility index (Phi) is 5.32. The van der Waals surface area contributed by atoms with Crippen LogP contribution >= 0.6 is 11.6 Å². The van der Waals surface area contributed by atoms with Gasteiger partial charge in [0.15, 0.2) is 11.5 Å². The maximum atomic E-state index is 15.0. The van der Waals surface area contributed by atoms with Crippen LogP contribution in [0.1, 0.15) is 60.6 Å². The van der Waals surface area contributed by atoms with Gasteiger partial charge >= 0.3 is 0 Å². The molecule has 0 radical (unpaired) electrons. The lowest BCUT2D eigenvalue weighted by molar-refractivity contribution is -0.114. The molecular weight excluding hydrogens is 471 g/mol. The summed E-state index contributed by atoms with van der Waals surface area (Å²) in [6.07, 6.45) is 6.23. The van der Waals surface area contributed by atoms with Gasteiger partial charge in [0.25, 0.3) is 0 Å². The molecule has 1 N–H and O–H groups in total. The normalized spacial score (nSPS) is 22.6. The molecule has 4 heterocycles. The molecule has 10 heteroatoms. The van der Waals surface area contributed by atoms with Crippen LogP contribution in [0.15, 0.2) is 30.6 Å². The molecule has 0 spiro atoms. The van der Waals surface area contributed by atoms with Crippen LogP contribution in [0.4, 0.5) is 4.39 Å². The Morgan fingerprint density at radius 2 is 1.94 bits per heavy atom. The predicted octanol–water partition coefficient (Wildman–Crippen LogP) is 4.77. The van der Waals surface area contributed by atoms with Crippen molar-refractivity contribution in [2.75, 3.05) is 6.61 Å². The topological polar surface area (TPSA) is 98.8 Å². The Balaban J connectivity index is 1.45. The van der Waals surface area contributed by atoms with E-state index in [0.29, 0.717) is 41.6 Å². The van der Waals surface area contributed by atoms with Gasteiger partial charge in [-0.3, -0.25) is 4.68 Å². The summed E-state index contributed by atoms with van der Waals surface area (Å²) in [5.41, 5.74) is 2.08. The number of rotatable bonds is 4. The third kappa shape index (κ3) is 4.07. The molecule has 2 fully saturated rings. The summed E-state index contributed by atoms with van der Waals surface area (Å²) in [6.45, 7) is 3.99. The maximum Gasteiger partial charge on any atom is 0.182 e. The lowest BCUT2D eigenvalue weighted by atomic mass is 9.87. The summed E-state index contributed by atoms with van der Waals surface area (Å²) in [5, 5.41) is 16.5. The van der Waals surface area contributed by atoms with Crippen LogP contribution in [-0.2, 0) is 10.3 Å². The van der Waals surface area contributed by atoms with Gasteiger partial charge in [-0.25, -0.2) is 24.3 Å². The SMILES string of the molecule is Cc1nc2nc([C@]3(O)CCO[C@@H](c4cnn(C5CC5)c4)C3)nc(-c3ccc(Cl)cc3F)c2nc1C. The molecule has 8 nitrogen and oxygen atoms in total. The predicted molar refractivity (Wildman–Crippen MR) is 127 cm³/mol. The summed E-state index contributed by atoms with van der Waals surface area (Å²) in [6, 6.07) is 4.84. The van der Waals surface area contributed by atoms with Crippen molar-refractivity contribution in [3.05, 3.63) is 64.2 Å². The number of ether oxygens (including phenoxy) is 1. The summed E-state index contributed by atoms with van der Waals surface area (Å²) < 4.78 is 22.9. The molecule has 2 atom stereocenters. The summed E-state index contributed by atoms with van der Waals surface area (Å²) >= 11 is 5.98. The zero-order chi connectivity index (χ0) is 24.3. The van der Waals surface area contributed by atoms with Gasteiger partial charge in [0.05, 0.1) is 36.3 Å². The standard InChI is InChI=1S/C25H24ClFN6O2/c1-13-14(2)30-23-22(29-13)21(18-6-3-16(26)9-19(18)27)31-24(32-23)25(34)7-8-35-20(10-25)15-11-28-33(12-15)17-4-5-17/h3,6,9,11-12,17,20,34H,4-5,7-8,10H2,1-2H3/t20-,25+/m1/s1. The van der Waals surface area contributed by atoms with Crippen LogP contribution in [0.2, 0.25) is 5.02 Å². The van der Waals surface area contributed by atoms with Crippen molar-refractivity contribution in [1.29, 1.82) is 0 Å². The highest BCUT2D eigenvalue weighted by Crippen LogP contribution is 2.42. The van der Waals surface area contributed by atoms with E-state index in [1.165, 1.54) is 6.07 Å². The van der Waals surface area contributed by atoms with E-state index in [4.69, 9.17) is 16.3 Å². The smallest absolute Gasteiger partial charge is 0.182 e. The molecule has 1 aromatic carbocycles. The number of benzene rings is 1. The van der Waals surface area contributed by atoms with Gasteiger partial charge in [-0.1, -0.05) is 11.6 Å². The number of hydrogen-bond donors (Lipinski definition) is 1. The molecule has 1 saturated heterocycles. The minimum absolute atomic E-state index is 0.176. The summed E-state index contributed by atoms with van der Waals surface area (Å²) in [7, 11) is 0. The first-order valence-corrected chi connectivity index (χ1v) is 12.1. The molecule has 2 aliphatic rings. The Labute approximate surface area is 206 Å². The highest BCUT2D eigenvalue weighted by molar-refractivity contribution is 6.30. The van der Waals surface area contributed by atoms with Gasteiger partial charge in [-0.2, -0.15) is 5.10 Å². The second-order valence-electron chi connectivity index (χ2n) is 9.42. The lowest BCUT2D eigenvalue weighted by Crippen LogP contribution is -2.37. The van der Waals surface area contributed by atoms with E-state index < -0.39 is 11.4 Å². The summed E-state index contributed by atoms with van der Waals surface area (Å²) in [5.74, 6) is -0.359. The van der Waals surface area contributed by atoms with E-state index in [1.807, 2.05) is 24.7 Å². The number of hydrogen-bond acceptors (Lipinski definition) is 7. The Morgan fingerprint density at radius 3 is 2.71 bits per heavy atom. The first-order chi connectivity index (χ1) is 16.8. The quantitative estimate of drug-likeness (QED) is 0.436. The van der Waals surface area contributed by atoms with E-state index >= 15 is 0 Å². The molecule has 4 aromatic rings. The minimum atomic E-state index is -1.39. The number of nitrogens with zero attached hydrogens (tertiary/aromatic N) is 6. The highest BCUT2D eigenvalue weighted by atomic mass is 35.5. The van der Waals surface area contributed by atoms with E-state index in [0.717, 1.165) is 18.4 Å². The van der Waals surface area contributed by atoms with Crippen LogP contribution in [0.3, 0.4) is 0 Å².